The molecule has 0 N–H and O–H groups in total. The molecule has 0 fully saturated rings. The van der Waals surface area contributed by atoms with E-state index in [0.29, 0.717) is 0 Å². The number of carbonyl (C=O) groups excluding carboxylic acids is 3. The predicted octanol–water partition coefficient (Wildman–Crippen LogP) is 6.53. The zero-order valence-corrected chi connectivity index (χ0v) is 24.0. The number of hydrogen-bond acceptors (Lipinski definition) is 3. The Kier molecular flexibility index (Phi) is 30.4. The van der Waals surface area contributed by atoms with Gasteiger partial charge in [-0.3, -0.25) is 20.4 Å². The van der Waals surface area contributed by atoms with E-state index in [2.05, 4.69) is 125 Å². The molecular weight excluding hydrogens is 481 g/mol. The van der Waals surface area contributed by atoms with Gasteiger partial charge in [0, 0.05) is 19.5 Å². The molecular formula is C23H47N4O3Ru-7. The molecule has 0 aliphatic carbocycles. The molecule has 0 unspecified atom stereocenters. The Hall–Kier alpha value is -0.527. The predicted molar refractivity (Wildman–Crippen MR) is 132 cm³/mol. The number of rotatable bonds is 4. The summed E-state index contributed by atoms with van der Waals surface area (Å²) in [4.78, 5) is 23.2. The Bertz CT molecular complexity index is 313. The molecule has 31 heavy (non-hydrogen) atoms. The third-order valence-electron chi connectivity index (χ3n) is 2.30. The van der Waals surface area contributed by atoms with Gasteiger partial charge >= 0.3 is 0 Å². The fourth-order valence-electron chi connectivity index (χ4n) is 2.30. The van der Waals surface area contributed by atoms with Crippen LogP contribution in [0.2, 0.25) is 0 Å². The van der Waals surface area contributed by atoms with Gasteiger partial charge in [-0.05, 0) is 0 Å². The number of hydrogen-bond donors (Lipinski definition) is 0. The van der Waals surface area contributed by atoms with Crippen molar-refractivity contribution in [1.29, 1.82) is 0 Å². The minimum absolute atomic E-state index is 0. The molecule has 0 rings (SSSR count). The van der Waals surface area contributed by atoms with Crippen LogP contribution in [0.5, 0.6) is 0 Å². The van der Waals surface area contributed by atoms with Crippen LogP contribution >= 0.6 is 0 Å². The normalized spacial score (nSPS) is 11.2. The standard InChI is InChI=1S/2C10H22N2.3CHO.Ru/c2*1-8(11-9(2,3)4)12-10(5,6)7;3*1-2;/h2*8H,1-7H3;3*1H;/q2*-2;3*-1;. The van der Waals surface area contributed by atoms with Gasteiger partial charge in [0.05, 0.1) is 0 Å². The summed E-state index contributed by atoms with van der Waals surface area (Å²) in [6.07, 6.45) is 0.204. The maximum Gasteiger partial charge on any atom is 0 e. The summed E-state index contributed by atoms with van der Waals surface area (Å²) in [5, 5.41) is 18.1. The van der Waals surface area contributed by atoms with E-state index in [1.54, 1.807) is 0 Å². The van der Waals surface area contributed by atoms with Crippen LogP contribution in [0.3, 0.4) is 0 Å². The van der Waals surface area contributed by atoms with E-state index in [1.807, 2.05) is 13.8 Å². The van der Waals surface area contributed by atoms with E-state index in [1.165, 1.54) is 0 Å². The molecule has 7 nitrogen and oxygen atoms in total. The molecule has 0 atom stereocenters. The van der Waals surface area contributed by atoms with Crippen molar-refractivity contribution >= 4 is 20.4 Å². The van der Waals surface area contributed by atoms with Crippen molar-refractivity contribution in [2.75, 3.05) is 0 Å². The smallest absolute Gasteiger partial charge is 0 e. The van der Waals surface area contributed by atoms with Crippen molar-refractivity contribution in [3.63, 3.8) is 0 Å². The van der Waals surface area contributed by atoms with Crippen molar-refractivity contribution in [3.8, 4) is 0 Å². The van der Waals surface area contributed by atoms with Crippen molar-refractivity contribution in [2.24, 2.45) is 0 Å². The van der Waals surface area contributed by atoms with Crippen LogP contribution in [-0.2, 0) is 33.9 Å². The van der Waals surface area contributed by atoms with Crippen molar-refractivity contribution in [2.45, 2.75) is 131 Å². The first-order chi connectivity index (χ1) is 13.2. The van der Waals surface area contributed by atoms with Crippen molar-refractivity contribution in [3.05, 3.63) is 21.3 Å². The molecule has 0 aromatic carbocycles. The monoisotopic (exact) mass is 529 g/mol. The SMILES string of the molecule is CC([N-]C(C)(C)C)[N-]C(C)(C)C.CC([N-]C(C)(C)C)[N-]C(C)(C)C.[CH-]=O.[CH-]=O.[CH-]=O.[Ru]. The van der Waals surface area contributed by atoms with Gasteiger partial charge in [0.1, 0.15) is 0 Å². The van der Waals surface area contributed by atoms with Crippen molar-refractivity contribution in [1.82, 2.24) is 0 Å². The van der Waals surface area contributed by atoms with Crippen LogP contribution in [0.15, 0.2) is 0 Å². The van der Waals surface area contributed by atoms with Gasteiger partial charge in [-0.1, -0.05) is 83.1 Å². The summed E-state index contributed by atoms with van der Waals surface area (Å²) >= 11 is 0. The van der Waals surface area contributed by atoms with Gasteiger partial charge in [-0.15, -0.1) is 36.0 Å². The van der Waals surface area contributed by atoms with Gasteiger partial charge in [0.25, 0.3) is 0 Å². The van der Waals surface area contributed by atoms with Gasteiger partial charge in [-0.2, -0.15) is 0 Å². The van der Waals surface area contributed by atoms with Crippen LogP contribution in [0, 0.1) is 0 Å². The molecule has 0 radical (unpaired) electrons. The van der Waals surface area contributed by atoms with Crippen LogP contribution in [0.4, 0.5) is 0 Å². The molecule has 8 heteroatoms. The molecule has 0 saturated carbocycles. The average molecular weight is 529 g/mol. The fraction of sp³-hybridized carbons (Fsp3) is 0.870. The molecule has 0 saturated heterocycles. The Labute approximate surface area is 206 Å². The largest absolute Gasteiger partial charge is 0.673 e. The molecule has 0 aromatic heterocycles. The van der Waals surface area contributed by atoms with E-state index in [-0.39, 0.29) is 54.0 Å². The third kappa shape index (κ3) is 58.7. The summed E-state index contributed by atoms with van der Waals surface area (Å²) in [7, 11) is 0. The topological polar surface area (TPSA) is 108 Å². The first-order valence-corrected chi connectivity index (χ1v) is 9.79. The minimum Gasteiger partial charge on any atom is -0.673 e. The van der Waals surface area contributed by atoms with Gasteiger partial charge in [0.15, 0.2) is 0 Å². The molecule has 0 aliphatic rings. The van der Waals surface area contributed by atoms with Crippen LogP contribution < -0.4 is 0 Å². The summed E-state index contributed by atoms with van der Waals surface area (Å²) in [6, 6.07) is 0. The maximum absolute atomic E-state index is 7.75. The Morgan fingerprint density at radius 1 is 0.419 bits per heavy atom. The van der Waals surface area contributed by atoms with E-state index in [0.717, 1.165) is 0 Å². The van der Waals surface area contributed by atoms with Crippen LogP contribution in [0.25, 0.3) is 21.3 Å². The molecule has 0 amide bonds. The zero-order chi connectivity index (χ0) is 26.0. The molecule has 0 aromatic rings. The Morgan fingerprint density at radius 2 is 0.516 bits per heavy atom. The first kappa shape index (κ1) is 44.2. The molecule has 0 aliphatic heterocycles. The number of nitrogens with zero attached hydrogens (tertiary/aromatic N) is 4. The summed E-state index contributed by atoms with van der Waals surface area (Å²) in [5.74, 6) is 0. The molecule has 0 spiro atoms. The maximum atomic E-state index is 7.75. The minimum atomic E-state index is 0. The third-order valence-corrected chi connectivity index (χ3v) is 2.30. The summed E-state index contributed by atoms with van der Waals surface area (Å²) < 4.78 is 0. The van der Waals surface area contributed by atoms with E-state index in [4.69, 9.17) is 14.4 Å². The van der Waals surface area contributed by atoms with Crippen LogP contribution in [-0.4, -0.2) is 54.9 Å². The molecule has 0 heterocycles. The Morgan fingerprint density at radius 3 is 0.581 bits per heavy atom. The second-order valence-corrected chi connectivity index (χ2v) is 10.5. The van der Waals surface area contributed by atoms with Gasteiger partial charge in [-0.25, -0.2) is 12.3 Å². The van der Waals surface area contributed by atoms with Gasteiger partial charge in [0.2, 0.25) is 0 Å². The fourth-order valence-corrected chi connectivity index (χ4v) is 2.30. The second-order valence-electron chi connectivity index (χ2n) is 10.5. The van der Waals surface area contributed by atoms with E-state index in [9.17, 15) is 0 Å². The Balaban J connectivity index is -0.0000000788. The van der Waals surface area contributed by atoms with Gasteiger partial charge < -0.3 is 35.7 Å². The average Bonchev–Trinajstić information content (AvgIpc) is 2.46. The van der Waals surface area contributed by atoms with E-state index < -0.39 is 0 Å². The summed E-state index contributed by atoms with van der Waals surface area (Å²) in [6.45, 7) is 39.0. The summed E-state index contributed by atoms with van der Waals surface area (Å²) in [5.41, 5.74) is 0.0880. The molecule has 0 bridgehead atoms. The molecule has 192 valence electrons. The first-order valence-electron chi connectivity index (χ1n) is 9.79. The van der Waals surface area contributed by atoms with Crippen LogP contribution in [0.1, 0.15) is 96.9 Å². The zero-order valence-electron chi connectivity index (χ0n) is 22.3. The van der Waals surface area contributed by atoms with E-state index >= 15 is 0 Å². The van der Waals surface area contributed by atoms with Crippen molar-refractivity contribution < 1.29 is 33.9 Å². The second kappa shape index (κ2) is 21.3. The quantitative estimate of drug-likeness (QED) is 0.235.